The Balaban J connectivity index is 2.81. The highest BCUT2D eigenvalue weighted by molar-refractivity contribution is 7.92. The fraction of sp³-hybridized carbons (Fsp3) is 0.462. The van der Waals surface area contributed by atoms with Gasteiger partial charge in [-0.2, -0.15) is 0 Å². The molecule has 1 N–H and O–H groups in total. The molecule has 0 spiro atoms. The Morgan fingerprint density at radius 2 is 2.14 bits per heavy atom. The summed E-state index contributed by atoms with van der Waals surface area (Å²) in [5.41, 5.74) is 0. The van der Waals surface area contributed by atoms with Gasteiger partial charge in [-0.05, 0) is 31.5 Å². The maximum Gasteiger partial charge on any atom is 0.238 e. The number of rotatable bonds is 7. The van der Waals surface area contributed by atoms with Gasteiger partial charge in [0.15, 0.2) is 9.84 Å². The van der Waals surface area contributed by atoms with E-state index >= 15 is 0 Å². The molecular weight excluding hydrogens is 321 g/mol. The number of ether oxygens (including phenoxy) is 1. The second-order valence-corrected chi connectivity index (χ2v) is 7.08. The van der Waals surface area contributed by atoms with Gasteiger partial charge in [0.1, 0.15) is 11.1 Å². The first-order valence-corrected chi connectivity index (χ1v) is 8.18. The van der Waals surface area contributed by atoms with Gasteiger partial charge in [-0.15, -0.1) is 0 Å². The molecule has 1 aromatic rings. The normalized spacial score (nSPS) is 13.0. The number of carbonyl (C=O) groups is 1. The molecular formula is C13H17ClFNO4S. The molecule has 0 fully saturated rings. The van der Waals surface area contributed by atoms with Crippen LogP contribution in [-0.4, -0.2) is 39.8 Å². The lowest BCUT2D eigenvalue weighted by molar-refractivity contribution is -0.120. The van der Waals surface area contributed by atoms with Crippen molar-refractivity contribution in [2.24, 2.45) is 0 Å². The number of amides is 1. The van der Waals surface area contributed by atoms with Gasteiger partial charge in [0.2, 0.25) is 5.91 Å². The molecule has 1 atom stereocenters. The van der Waals surface area contributed by atoms with Gasteiger partial charge < -0.3 is 10.1 Å². The Hall–Kier alpha value is -1.18. The quantitative estimate of drug-likeness (QED) is 0.608. The van der Waals surface area contributed by atoms with Crippen LogP contribution in [0.4, 0.5) is 4.39 Å². The number of methoxy groups -OCH3 is 1. The Morgan fingerprint density at radius 3 is 2.71 bits per heavy atom. The molecule has 0 radical (unpaired) electrons. The zero-order chi connectivity index (χ0) is 16.0. The average molecular weight is 338 g/mol. The monoisotopic (exact) mass is 337 g/mol. The van der Waals surface area contributed by atoms with E-state index in [0.717, 1.165) is 18.2 Å². The first-order valence-electron chi connectivity index (χ1n) is 6.26. The van der Waals surface area contributed by atoms with Crippen LogP contribution in [0.1, 0.15) is 13.3 Å². The van der Waals surface area contributed by atoms with Crippen molar-refractivity contribution >= 4 is 27.3 Å². The topological polar surface area (TPSA) is 72.5 Å². The first kappa shape index (κ1) is 17.9. The van der Waals surface area contributed by atoms with Crippen LogP contribution in [0.15, 0.2) is 23.1 Å². The standard InChI is InChI=1S/C13H17ClFNO4S/c1-9(13(17)16-6-3-7-20-2)21(18,19)10-4-5-12(15)11(14)8-10/h4-5,8-9H,3,6-7H2,1-2H3,(H,16,17)/t9-/m1/s1. The number of halogens is 2. The van der Waals surface area contributed by atoms with E-state index in [1.807, 2.05) is 0 Å². The van der Waals surface area contributed by atoms with Crippen LogP contribution in [0.3, 0.4) is 0 Å². The van der Waals surface area contributed by atoms with Crippen LogP contribution in [0.25, 0.3) is 0 Å². The van der Waals surface area contributed by atoms with Crippen molar-refractivity contribution < 1.29 is 22.3 Å². The molecule has 0 saturated heterocycles. The zero-order valence-corrected chi connectivity index (χ0v) is 13.3. The summed E-state index contributed by atoms with van der Waals surface area (Å²) in [6.45, 7) is 2.06. The summed E-state index contributed by atoms with van der Waals surface area (Å²) in [5, 5.41) is 0.922. The summed E-state index contributed by atoms with van der Waals surface area (Å²) in [6, 6.07) is 3.05. The molecule has 0 saturated carbocycles. The lowest BCUT2D eigenvalue weighted by atomic mass is 10.3. The average Bonchev–Trinajstić information content (AvgIpc) is 2.45. The summed E-state index contributed by atoms with van der Waals surface area (Å²) in [7, 11) is -2.38. The molecule has 0 aliphatic carbocycles. The maximum atomic E-state index is 13.1. The molecule has 0 heterocycles. The van der Waals surface area contributed by atoms with Gasteiger partial charge in [-0.25, -0.2) is 12.8 Å². The predicted molar refractivity (Wildman–Crippen MR) is 77.6 cm³/mol. The summed E-state index contributed by atoms with van der Waals surface area (Å²) in [4.78, 5) is 11.7. The molecule has 0 aliphatic rings. The van der Waals surface area contributed by atoms with Crippen LogP contribution >= 0.6 is 11.6 Å². The van der Waals surface area contributed by atoms with E-state index in [-0.39, 0.29) is 9.92 Å². The van der Waals surface area contributed by atoms with Gasteiger partial charge in [0, 0.05) is 20.3 Å². The molecule has 1 rings (SSSR count). The minimum Gasteiger partial charge on any atom is -0.385 e. The van der Waals surface area contributed by atoms with Crippen LogP contribution in [0.2, 0.25) is 5.02 Å². The van der Waals surface area contributed by atoms with Crippen molar-refractivity contribution in [2.45, 2.75) is 23.5 Å². The number of nitrogens with one attached hydrogen (secondary N) is 1. The third-order valence-corrected chi connectivity index (χ3v) is 5.22. The van der Waals surface area contributed by atoms with E-state index < -0.39 is 26.8 Å². The molecule has 0 bridgehead atoms. The number of benzene rings is 1. The molecule has 5 nitrogen and oxygen atoms in total. The Kier molecular flexibility index (Phi) is 6.57. The third-order valence-electron chi connectivity index (χ3n) is 2.88. The summed E-state index contributed by atoms with van der Waals surface area (Å²) >= 11 is 5.57. The molecule has 1 aromatic carbocycles. The van der Waals surface area contributed by atoms with Crippen LogP contribution in [-0.2, 0) is 19.4 Å². The summed E-state index contributed by atoms with van der Waals surface area (Å²) in [6.07, 6.45) is 0.581. The number of hydrogen-bond acceptors (Lipinski definition) is 4. The smallest absolute Gasteiger partial charge is 0.238 e. The van der Waals surface area contributed by atoms with Crippen molar-refractivity contribution in [2.75, 3.05) is 20.3 Å². The van der Waals surface area contributed by atoms with E-state index in [4.69, 9.17) is 16.3 Å². The Labute approximate surface area is 128 Å². The van der Waals surface area contributed by atoms with Crippen molar-refractivity contribution in [1.82, 2.24) is 5.32 Å². The van der Waals surface area contributed by atoms with E-state index in [0.29, 0.717) is 19.6 Å². The molecule has 0 aliphatic heterocycles. The fourth-order valence-corrected chi connectivity index (χ4v) is 3.13. The number of hydrogen-bond donors (Lipinski definition) is 1. The first-order chi connectivity index (χ1) is 9.80. The van der Waals surface area contributed by atoms with Crippen LogP contribution in [0, 0.1) is 5.82 Å². The van der Waals surface area contributed by atoms with E-state index in [1.165, 1.54) is 14.0 Å². The SMILES string of the molecule is COCCCNC(=O)[C@@H](C)S(=O)(=O)c1ccc(F)c(Cl)c1. The van der Waals surface area contributed by atoms with Gasteiger partial charge in [0.25, 0.3) is 0 Å². The molecule has 21 heavy (non-hydrogen) atoms. The highest BCUT2D eigenvalue weighted by Crippen LogP contribution is 2.22. The molecule has 0 unspecified atom stereocenters. The van der Waals surface area contributed by atoms with E-state index in [2.05, 4.69) is 5.32 Å². The lowest BCUT2D eigenvalue weighted by Crippen LogP contribution is -2.38. The van der Waals surface area contributed by atoms with Gasteiger partial charge in [-0.3, -0.25) is 4.79 Å². The van der Waals surface area contributed by atoms with Crippen LogP contribution in [0.5, 0.6) is 0 Å². The Morgan fingerprint density at radius 1 is 1.48 bits per heavy atom. The van der Waals surface area contributed by atoms with E-state index in [1.54, 1.807) is 0 Å². The van der Waals surface area contributed by atoms with Gasteiger partial charge in [-0.1, -0.05) is 11.6 Å². The number of sulfone groups is 1. The molecule has 1 amide bonds. The molecule has 8 heteroatoms. The van der Waals surface area contributed by atoms with Crippen molar-refractivity contribution in [3.05, 3.63) is 29.0 Å². The van der Waals surface area contributed by atoms with Gasteiger partial charge >= 0.3 is 0 Å². The van der Waals surface area contributed by atoms with Gasteiger partial charge in [0.05, 0.1) is 9.92 Å². The molecule has 0 aromatic heterocycles. The highest BCUT2D eigenvalue weighted by Gasteiger charge is 2.30. The number of carbonyl (C=O) groups excluding carboxylic acids is 1. The minimum atomic E-state index is -3.91. The second kappa shape index (κ2) is 7.72. The van der Waals surface area contributed by atoms with Crippen LogP contribution < -0.4 is 5.32 Å². The van der Waals surface area contributed by atoms with Crippen molar-refractivity contribution in [3.8, 4) is 0 Å². The maximum absolute atomic E-state index is 13.1. The fourth-order valence-electron chi connectivity index (χ4n) is 1.57. The second-order valence-electron chi connectivity index (χ2n) is 4.40. The summed E-state index contributed by atoms with van der Waals surface area (Å²) < 4.78 is 42.4. The van der Waals surface area contributed by atoms with Crippen molar-refractivity contribution in [1.29, 1.82) is 0 Å². The largest absolute Gasteiger partial charge is 0.385 e. The zero-order valence-electron chi connectivity index (χ0n) is 11.7. The highest BCUT2D eigenvalue weighted by atomic mass is 35.5. The predicted octanol–water partition coefficient (Wildman–Crippen LogP) is 1.79. The molecule has 118 valence electrons. The van der Waals surface area contributed by atoms with E-state index in [9.17, 15) is 17.6 Å². The lowest BCUT2D eigenvalue weighted by Gasteiger charge is -2.13. The Bertz CT molecular complexity index is 606. The summed E-state index contributed by atoms with van der Waals surface area (Å²) in [5.74, 6) is -1.33. The minimum absolute atomic E-state index is 0.187. The van der Waals surface area contributed by atoms with Crippen molar-refractivity contribution in [3.63, 3.8) is 0 Å². The third kappa shape index (κ3) is 4.66.